The first kappa shape index (κ1) is 15.9. The van der Waals surface area contributed by atoms with Gasteiger partial charge in [0.15, 0.2) is 0 Å². The highest BCUT2D eigenvalue weighted by Crippen LogP contribution is 2.20. The largest absolute Gasteiger partial charge is 0.480 e. The number of carboxylic acid groups (broad SMARTS) is 1. The van der Waals surface area contributed by atoms with Crippen LogP contribution in [0.4, 0.5) is 5.82 Å². The van der Waals surface area contributed by atoms with Gasteiger partial charge in [0.25, 0.3) is 5.91 Å². The van der Waals surface area contributed by atoms with E-state index >= 15 is 0 Å². The molecule has 1 heterocycles. The third kappa shape index (κ3) is 3.94. The molecule has 1 aromatic heterocycles. The average molecular weight is 279 g/mol. The van der Waals surface area contributed by atoms with E-state index in [1.807, 2.05) is 14.1 Å². The van der Waals surface area contributed by atoms with Gasteiger partial charge in [0.1, 0.15) is 11.9 Å². The molecule has 0 radical (unpaired) electrons. The zero-order valence-corrected chi connectivity index (χ0v) is 12.5. The number of anilines is 1. The number of nitrogens with zero attached hydrogens (tertiary/aromatic N) is 2. The normalized spacial score (nSPS) is 12.7. The van der Waals surface area contributed by atoms with Gasteiger partial charge < -0.3 is 15.3 Å². The Morgan fingerprint density at radius 1 is 1.35 bits per heavy atom. The second-order valence-corrected chi connectivity index (χ2v) is 5.91. The number of carboxylic acids is 1. The first-order valence-corrected chi connectivity index (χ1v) is 6.30. The molecule has 0 aliphatic rings. The fourth-order valence-electron chi connectivity index (χ4n) is 1.67. The van der Waals surface area contributed by atoms with Crippen LogP contribution < -0.4 is 10.2 Å². The zero-order valence-electron chi connectivity index (χ0n) is 12.5. The molecule has 1 atom stereocenters. The van der Waals surface area contributed by atoms with E-state index in [2.05, 4.69) is 10.3 Å². The summed E-state index contributed by atoms with van der Waals surface area (Å²) in [5, 5.41) is 11.8. The van der Waals surface area contributed by atoms with Crippen molar-refractivity contribution >= 4 is 17.7 Å². The molecule has 0 saturated carbocycles. The molecule has 2 N–H and O–H groups in total. The highest BCUT2D eigenvalue weighted by Gasteiger charge is 2.32. The maximum absolute atomic E-state index is 12.2. The molecular formula is C14H21N3O3. The van der Waals surface area contributed by atoms with Crippen molar-refractivity contribution in [3.05, 3.63) is 23.9 Å². The molecule has 0 fully saturated rings. The lowest BCUT2D eigenvalue weighted by Crippen LogP contribution is -2.49. The van der Waals surface area contributed by atoms with E-state index in [4.69, 9.17) is 0 Å². The summed E-state index contributed by atoms with van der Waals surface area (Å²) in [6, 6.07) is 2.23. The second-order valence-electron chi connectivity index (χ2n) is 5.91. The summed E-state index contributed by atoms with van der Waals surface area (Å²) in [6.07, 6.45) is 1.52. The van der Waals surface area contributed by atoms with Gasteiger partial charge in [-0.05, 0) is 17.5 Å². The number of nitrogens with one attached hydrogen (secondary N) is 1. The van der Waals surface area contributed by atoms with Crippen LogP contribution in [-0.4, -0.2) is 42.1 Å². The van der Waals surface area contributed by atoms with Crippen LogP contribution in [0.2, 0.25) is 0 Å². The van der Waals surface area contributed by atoms with Crippen molar-refractivity contribution in [3.8, 4) is 0 Å². The molecule has 0 saturated heterocycles. The first-order chi connectivity index (χ1) is 9.12. The molecule has 0 aliphatic heterocycles. The molecule has 0 aromatic carbocycles. The van der Waals surface area contributed by atoms with Crippen molar-refractivity contribution in [2.75, 3.05) is 19.0 Å². The number of rotatable bonds is 4. The third-order valence-corrected chi connectivity index (χ3v) is 2.85. The standard InChI is InChI=1S/C14H21N3O3/c1-14(2,3)11(13(19)20)16-12(18)9-6-7-15-10(8-9)17(4)5/h6-8,11H,1-5H3,(H,16,18)(H,19,20). The maximum Gasteiger partial charge on any atom is 0.326 e. The van der Waals surface area contributed by atoms with Crippen molar-refractivity contribution in [3.63, 3.8) is 0 Å². The van der Waals surface area contributed by atoms with Crippen LogP contribution in [0.3, 0.4) is 0 Å². The number of amides is 1. The highest BCUT2D eigenvalue weighted by molar-refractivity contribution is 5.97. The van der Waals surface area contributed by atoms with Crippen LogP contribution in [0.1, 0.15) is 31.1 Å². The Kier molecular flexibility index (Phi) is 4.70. The van der Waals surface area contributed by atoms with Crippen LogP contribution in [0.15, 0.2) is 18.3 Å². The van der Waals surface area contributed by atoms with Crippen LogP contribution in [0.25, 0.3) is 0 Å². The number of pyridine rings is 1. The van der Waals surface area contributed by atoms with E-state index in [0.717, 1.165) is 0 Å². The number of aromatic nitrogens is 1. The minimum absolute atomic E-state index is 0.388. The molecule has 1 rings (SSSR count). The quantitative estimate of drug-likeness (QED) is 0.870. The van der Waals surface area contributed by atoms with Gasteiger partial charge in [0.2, 0.25) is 0 Å². The van der Waals surface area contributed by atoms with Crippen LogP contribution >= 0.6 is 0 Å². The summed E-state index contributed by atoms with van der Waals surface area (Å²) in [5.74, 6) is -0.828. The van der Waals surface area contributed by atoms with Gasteiger partial charge in [-0.3, -0.25) is 4.79 Å². The Hall–Kier alpha value is -2.11. The third-order valence-electron chi connectivity index (χ3n) is 2.85. The Morgan fingerprint density at radius 3 is 2.40 bits per heavy atom. The summed E-state index contributed by atoms with van der Waals surface area (Å²) < 4.78 is 0. The fourth-order valence-corrected chi connectivity index (χ4v) is 1.67. The van der Waals surface area contributed by atoms with Crippen molar-refractivity contribution in [1.29, 1.82) is 0 Å². The molecule has 0 aliphatic carbocycles. The SMILES string of the molecule is CN(C)c1cc(C(=O)NC(C(=O)O)C(C)(C)C)ccn1. The van der Waals surface area contributed by atoms with Crippen LogP contribution in [0, 0.1) is 5.41 Å². The summed E-state index contributed by atoms with van der Waals surface area (Å²) in [7, 11) is 3.64. The maximum atomic E-state index is 12.2. The number of hydrogen-bond donors (Lipinski definition) is 2. The van der Waals surface area contributed by atoms with E-state index in [-0.39, 0.29) is 0 Å². The van der Waals surface area contributed by atoms with E-state index in [1.54, 1.807) is 37.8 Å². The Balaban J connectivity index is 2.95. The molecule has 110 valence electrons. The lowest BCUT2D eigenvalue weighted by atomic mass is 9.86. The van der Waals surface area contributed by atoms with Gasteiger partial charge in [-0.15, -0.1) is 0 Å². The molecule has 0 bridgehead atoms. The molecule has 1 unspecified atom stereocenters. The summed E-state index contributed by atoms with van der Waals surface area (Å²) in [4.78, 5) is 29.3. The number of aliphatic carboxylic acids is 1. The van der Waals surface area contributed by atoms with E-state index < -0.39 is 23.3 Å². The minimum atomic E-state index is -1.05. The Morgan fingerprint density at radius 2 is 1.95 bits per heavy atom. The predicted octanol–water partition coefficient (Wildman–Crippen LogP) is 1.38. The van der Waals surface area contributed by atoms with Crippen molar-refractivity contribution < 1.29 is 14.7 Å². The van der Waals surface area contributed by atoms with Crippen LogP contribution in [0.5, 0.6) is 0 Å². The van der Waals surface area contributed by atoms with E-state index in [1.165, 1.54) is 6.20 Å². The molecule has 6 heteroatoms. The molecule has 6 nitrogen and oxygen atoms in total. The van der Waals surface area contributed by atoms with Crippen molar-refractivity contribution in [2.24, 2.45) is 5.41 Å². The first-order valence-electron chi connectivity index (χ1n) is 6.30. The second kappa shape index (κ2) is 5.90. The molecule has 20 heavy (non-hydrogen) atoms. The molecule has 1 aromatic rings. The van der Waals surface area contributed by atoms with Gasteiger partial charge >= 0.3 is 5.97 Å². The van der Waals surface area contributed by atoms with Crippen molar-refractivity contribution in [2.45, 2.75) is 26.8 Å². The van der Waals surface area contributed by atoms with Gasteiger partial charge in [-0.1, -0.05) is 20.8 Å². The smallest absolute Gasteiger partial charge is 0.326 e. The molecular weight excluding hydrogens is 258 g/mol. The minimum Gasteiger partial charge on any atom is -0.480 e. The molecule has 1 amide bonds. The lowest BCUT2D eigenvalue weighted by Gasteiger charge is -2.27. The topological polar surface area (TPSA) is 82.5 Å². The van der Waals surface area contributed by atoms with Gasteiger partial charge in [0, 0.05) is 25.9 Å². The van der Waals surface area contributed by atoms with Crippen molar-refractivity contribution in [1.82, 2.24) is 10.3 Å². The lowest BCUT2D eigenvalue weighted by molar-refractivity contribution is -0.142. The predicted molar refractivity (Wildman–Crippen MR) is 76.9 cm³/mol. The zero-order chi connectivity index (χ0) is 15.5. The van der Waals surface area contributed by atoms with E-state index in [0.29, 0.717) is 11.4 Å². The fraction of sp³-hybridized carbons (Fsp3) is 0.500. The average Bonchev–Trinajstić information content (AvgIpc) is 2.33. The number of carbonyl (C=O) groups is 2. The monoisotopic (exact) mass is 279 g/mol. The summed E-state index contributed by atoms with van der Waals surface area (Å²) in [6.45, 7) is 5.30. The van der Waals surface area contributed by atoms with Crippen LogP contribution in [-0.2, 0) is 4.79 Å². The summed E-state index contributed by atoms with van der Waals surface area (Å²) in [5.41, 5.74) is -0.182. The Labute approximate surface area is 118 Å². The Bertz CT molecular complexity index is 507. The highest BCUT2D eigenvalue weighted by atomic mass is 16.4. The summed E-state index contributed by atoms with van der Waals surface area (Å²) >= 11 is 0. The van der Waals surface area contributed by atoms with Gasteiger partial charge in [-0.2, -0.15) is 0 Å². The van der Waals surface area contributed by atoms with Gasteiger partial charge in [-0.25, -0.2) is 9.78 Å². The molecule has 0 spiro atoms. The number of hydrogen-bond acceptors (Lipinski definition) is 4. The number of carbonyl (C=O) groups excluding carboxylic acids is 1. The van der Waals surface area contributed by atoms with E-state index in [9.17, 15) is 14.7 Å². The van der Waals surface area contributed by atoms with Gasteiger partial charge in [0.05, 0.1) is 0 Å².